The number of aliphatic hydroxyl groups is 1. The first-order valence-electron chi connectivity index (χ1n) is 16.9. The van der Waals surface area contributed by atoms with Gasteiger partial charge in [-0.25, -0.2) is 0 Å². The normalized spacial score (nSPS) is 17.2. The van der Waals surface area contributed by atoms with Gasteiger partial charge in [0.25, 0.3) is 0 Å². The summed E-state index contributed by atoms with van der Waals surface area (Å²) in [6.07, 6.45) is -0.464. The molecule has 1 fully saturated rings. The monoisotopic (exact) mass is 694 g/mol. The number of carbonyl (C=O) groups is 6. The lowest BCUT2D eigenvalue weighted by Crippen LogP contribution is -2.61. The highest BCUT2D eigenvalue weighted by atomic mass is 16.4. The van der Waals surface area contributed by atoms with E-state index in [2.05, 4.69) is 16.0 Å². The quantitative estimate of drug-likeness (QED) is 0.120. The molecule has 3 rings (SSSR count). The van der Waals surface area contributed by atoms with Crippen molar-refractivity contribution in [2.24, 2.45) is 11.7 Å². The van der Waals surface area contributed by atoms with Gasteiger partial charge >= 0.3 is 5.97 Å². The Balaban J connectivity index is 1.92. The number of nitrogens with zero attached hydrogens (tertiary/aromatic N) is 2. The molecule has 2 aromatic carbocycles. The maximum absolute atomic E-state index is 14.4. The molecule has 50 heavy (non-hydrogen) atoms. The minimum Gasteiger partial charge on any atom is -0.481 e. The number of benzene rings is 2. The molecule has 0 bridgehead atoms. The highest BCUT2D eigenvalue weighted by Crippen LogP contribution is 2.23. The Kier molecular flexibility index (Phi) is 14.9. The molecular weight excluding hydrogens is 644 g/mol. The van der Waals surface area contributed by atoms with Gasteiger partial charge in [0, 0.05) is 26.9 Å². The summed E-state index contributed by atoms with van der Waals surface area (Å²) in [5, 5.41) is 29.0. The first-order valence-corrected chi connectivity index (χ1v) is 16.9. The number of amides is 5. The Labute approximate surface area is 292 Å². The van der Waals surface area contributed by atoms with E-state index in [9.17, 15) is 39.0 Å². The molecule has 6 atom stereocenters. The number of hydrogen-bond acceptors (Lipinski definition) is 8. The Bertz CT molecular complexity index is 1470. The number of carboxylic acid groups (broad SMARTS) is 1. The van der Waals surface area contributed by atoms with E-state index in [4.69, 9.17) is 5.73 Å². The molecule has 0 aliphatic carbocycles. The van der Waals surface area contributed by atoms with Crippen molar-refractivity contribution in [1.29, 1.82) is 0 Å². The Morgan fingerprint density at radius 2 is 1.48 bits per heavy atom. The molecule has 1 heterocycles. The summed E-state index contributed by atoms with van der Waals surface area (Å²) in [7, 11) is 1.42. The van der Waals surface area contributed by atoms with Gasteiger partial charge in [-0.1, -0.05) is 74.5 Å². The van der Waals surface area contributed by atoms with Crippen LogP contribution >= 0.6 is 0 Å². The molecule has 14 heteroatoms. The number of nitrogens with one attached hydrogen (secondary N) is 3. The molecule has 0 aromatic heterocycles. The summed E-state index contributed by atoms with van der Waals surface area (Å²) < 4.78 is 0. The van der Waals surface area contributed by atoms with Crippen molar-refractivity contribution < 1.29 is 39.0 Å². The SMILES string of the molecule is CC(=O)NC(CC(C)C)C(=O)N1CCCC1C(O)NC(Cc1ccccc1)C(=O)N(C)C(Cc1ccccc1)C(=O)NC(CC(=O)O)C(N)=O. The summed E-state index contributed by atoms with van der Waals surface area (Å²) in [5.74, 6) is -4.26. The third-order valence-electron chi connectivity index (χ3n) is 8.71. The van der Waals surface area contributed by atoms with Gasteiger partial charge in [0.15, 0.2) is 0 Å². The van der Waals surface area contributed by atoms with Crippen LogP contribution in [0, 0.1) is 5.92 Å². The number of aliphatic hydroxyl groups excluding tert-OH is 1. The minimum atomic E-state index is -1.51. The Morgan fingerprint density at radius 3 is 2.00 bits per heavy atom. The fraction of sp³-hybridized carbons (Fsp3) is 0.500. The summed E-state index contributed by atoms with van der Waals surface area (Å²) in [6, 6.07) is 12.7. The fourth-order valence-corrected chi connectivity index (χ4v) is 6.22. The van der Waals surface area contributed by atoms with Crippen LogP contribution in [0.1, 0.15) is 57.6 Å². The smallest absolute Gasteiger partial charge is 0.305 e. The van der Waals surface area contributed by atoms with E-state index in [-0.39, 0.29) is 30.6 Å². The number of carboxylic acids is 1. The molecule has 0 radical (unpaired) electrons. The number of likely N-dealkylation sites (N-methyl/N-ethyl adjacent to an activating group) is 1. The van der Waals surface area contributed by atoms with Gasteiger partial charge in [-0.3, -0.25) is 34.1 Å². The number of primary amides is 1. The van der Waals surface area contributed by atoms with E-state index in [1.165, 1.54) is 18.9 Å². The van der Waals surface area contributed by atoms with E-state index < -0.39 is 66.5 Å². The average Bonchev–Trinajstić information content (AvgIpc) is 3.56. The van der Waals surface area contributed by atoms with Crippen LogP contribution in [0.5, 0.6) is 0 Å². The molecule has 7 N–H and O–H groups in total. The zero-order valence-electron chi connectivity index (χ0n) is 29.1. The maximum Gasteiger partial charge on any atom is 0.305 e. The summed E-state index contributed by atoms with van der Waals surface area (Å²) >= 11 is 0. The second kappa shape index (κ2) is 18.8. The lowest BCUT2D eigenvalue weighted by molar-refractivity contribution is -0.144. The number of likely N-dealkylation sites (tertiary alicyclic amines) is 1. The number of nitrogens with two attached hydrogens (primary N) is 1. The van der Waals surface area contributed by atoms with Crippen molar-refractivity contribution in [2.75, 3.05) is 13.6 Å². The van der Waals surface area contributed by atoms with Crippen LogP contribution in [0.25, 0.3) is 0 Å². The fourth-order valence-electron chi connectivity index (χ4n) is 6.22. The number of hydrogen-bond donors (Lipinski definition) is 6. The number of rotatable bonds is 18. The molecule has 0 saturated carbocycles. The summed E-state index contributed by atoms with van der Waals surface area (Å²) in [4.78, 5) is 79.8. The predicted molar refractivity (Wildman–Crippen MR) is 185 cm³/mol. The lowest BCUT2D eigenvalue weighted by atomic mass is 9.99. The van der Waals surface area contributed by atoms with Crippen LogP contribution in [0.4, 0.5) is 0 Å². The minimum absolute atomic E-state index is 0.0272. The lowest BCUT2D eigenvalue weighted by Gasteiger charge is -2.36. The molecule has 1 saturated heterocycles. The van der Waals surface area contributed by atoms with E-state index in [1.54, 1.807) is 35.2 Å². The van der Waals surface area contributed by atoms with Gasteiger partial charge < -0.3 is 36.4 Å². The highest BCUT2D eigenvalue weighted by molar-refractivity contribution is 5.94. The van der Waals surface area contributed by atoms with Crippen molar-refractivity contribution in [3.63, 3.8) is 0 Å². The van der Waals surface area contributed by atoms with Crippen LogP contribution in [0.2, 0.25) is 0 Å². The maximum atomic E-state index is 14.4. The molecule has 2 aromatic rings. The van der Waals surface area contributed by atoms with Crippen molar-refractivity contribution in [1.82, 2.24) is 25.8 Å². The average molecular weight is 695 g/mol. The van der Waals surface area contributed by atoms with Gasteiger partial charge in [0.1, 0.15) is 24.4 Å². The number of carbonyl (C=O) groups excluding carboxylic acids is 5. The standard InChI is InChI=1S/C36H50N6O8/c1-22(2)18-27(38-23(3)43)36(50)42-17-11-16-29(42)33(47)40-28(19-24-12-7-5-8-13-24)35(49)41(4)30(20-25-14-9-6-10-15-25)34(48)39-26(32(37)46)21-31(44)45/h5-10,12-15,22,26-30,33,40,47H,11,16-21H2,1-4H3,(H2,37,46)(H,38,43)(H,39,48)(H,44,45). The molecule has 0 spiro atoms. The first kappa shape index (κ1) is 39.6. The van der Waals surface area contributed by atoms with Gasteiger partial charge in [-0.05, 0) is 42.7 Å². The second-order valence-electron chi connectivity index (χ2n) is 13.2. The van der Waals surface area contributed by atoms with Gasteiger partial charge in [-0.15, -0.1) is 0 Å². The predicted octanol–water partition coefficient (Wildman–Crippen LogP) is 0.562. The van der Waals surface area contributed by atoms with Gasteiger partial charge in [0.05, 0.1) is 18.5 Å². The molecule has 6 unspecified atom stereocenters. The van der Waals surface area contributed by atoms with Crippen LogP contribution in [-0.2, 0) is 41.6 Å². The van der Waals surface area contributed by atoms with Crippen LogP contribution in [-0.4, -0.2) is 106 Å². The second-order valence-corrected chi connectivity index (χ2v) is 13.2. The van der Waals surface area contributed by atoms with Crippen LogP contribution in [0.15, 0.2) is 60.7 Å². The van der Waals surface area contributed by atoms with Crippen LogP contribution in [0.3, 0.4) is 0 Å². The van der Waals surface area contributed by atoms with Gasteiger partial charge in [0.2, 0.25) is 29.5 Å². The third kappa shape index (κ3) is 11.7. The zero-order chi connectivity index (χ0) is 37.0. The molecule has 5 amide bonds. The van der Waals surface area contributed by atoms with E-state index >= 15 is 0 Å². The van der Waals surface area contributed by atoms with E-state index in [0.29, 0.717) is 31.4 Å². The zero-order valence-corrected chi connectivity index (χ0v) is 29.1. The van der Waals surface area contributed by atoms with Gasteiger partial charge in [-0.2, -0.15) is 0 Å². The largest absolute Gasteiger partial charge is 0.481 e. The first-order chi connectivity index (χ1) is 23.7. The molecule has 1 aliphatic heterocycles. The van der Waals surface area contributed by atoms with Crippen molar-refractivity contribution in [3.8, 4) is 0 Å². The van der Waals surface area contributed by atoms with Crippen LogP contribution < -0.4 is 21.7 Å². The topological polar surface area (TPSA) is 211 Å². The number of aliphatic carboxylic acids is 1. The van der Waals surface area contributed by atoms with Crippen molar-refractivity contribution >= 4 is 35.5 Å². The third-order valence-corrected chi connectivity index (χ3v) is 8.71. The molecule has 272 valence electrons. The Morgan fingerprint density at radius 1 is 0.900 bits per heavy atom. The Hall–Kier alpha value is -4.82. The van der Waals surface area contributed by atoms with Crippen molar-refractivity contribution in [2.45, 2.75) is 95.7 Å². The molecule has 14 nitrogen and oxygen atoms in total. The van der Waals surface area contributed by atoms with E-state index in [0.717, 1.165) is 5.56 Å². The highest BCUT2D eigenvalue weighted by Gasteiger charge is 2.40. The molecular formula is C36H50N6O8. The van der Waals surface area contributed by atoms with Crippen molar-refractivity contribution in [3.05, 3.63) is 71.8 Å². The molecule has 1 aliphatic rings. The summed E-state index contributed by atoms with van der Waals surface area (Å²) in [5.41, 5.74) is 6.85. The van der Waals surface area contributed by atoms with E-state index in [1.807, 2.05) is 44.2 Å². The summed E-state index contributed by atoms with van der Waals surface area (Å²) in [6.45, 7) is 5.61.